The van der Waals surface area contributed by atoms with Crippen LogP contribution in [0.25, 0.3) is 6.08 Å². The Morgan fingerprint density at radius 1 is 1.21 bits per heavy atom. The predicted octanol–water partition coefficient (Wildman–Crippen LogP) is 6.16. The Hall–Kier alpha value is -4.35. The second-order valence-electron chi connectivity index (χ2n) is 8.16. The number of amidine groups is 1. The van der Waals surface area contributed by atoms with E-state index < -0.39 is 10.9 Å². The molecule has 0 atom stereocenters. The van der Waals surface area contributed by atoms with E-state index in [9.17, 15) is 24.8 Å². The number of hydrogen-bond acceptors (Lipinski definition) is 8. The Morgan fingerprint density at radius 2 is 1.95 bits per heavy atom. The van der Waals surface area contributed by atoms with Crippen molar-refractivity contribution in [2.75, 3.05) is 13.7 Å². The summed E-state index contributed by atoms with van der Waals surface area (Å²) >= 11 is 7.67. The molecule has 10 nitrogen and oxygen atoms in total. The highest BCUT2D eigenvalue weighted by molar-refractivity contribution is 8.18. The fourth-order valence-corrected chi connectivity index (χ4v) is 5.01. The van der Waals surface area contributed by atoms with Gasteiger partial charge in [0.2, 0.25) is 0 Å². The van der Waals surface area contributed by atoms with Gasteiger partial charge >= 0.3 is 5.97 Å². The van der Waals surface area contributed by atoms with Gasteiger partial charge in [-0.15, -0.1) is 0 Å². The summed E-state index contributed by atoms with van der Waals surface area (Å²) in [5.41, 5.74) is 1.81. The van der Waals surface area contributed by atoms with E-state index in [0.717, 1.165) is 0 Å². The van der Waals surface area contributed by atoms with Gasteiger partial charge in [0, 0.05) is 18.7 Å². The molecule has 0 aromatic heterocycles. The lowest BCUT2D eigenvalue weighted by Crippen LogP contribution is -2.28. The Balaban J connectivity index is 1.57. The van der Waals surface area contributed by atoms with Gasteiger partial charge in [0.05, 0.1) is 33.2 Å². The summed E-state index contributed by atoms with van der Waals surface area (Å²) in [6.45, 7) is 2.30. The Labute approximate surface area is 232 Å². The van der Waals surface area contributed by atoms with Crippen LogP contribution in [0.5, 0.6) is 11.5 Å². The number of aromatic carboxylic acids is 1. The first kappa shape index (κ1) is 27.7. The number of nitro groups is 1. The molecule has 39 heavy (non-hydrogen) atoms. The van der Waals surface area contributed by atoms with Crippen molar-refractivity contribution in [1.82, 2.24) is 4.90 Å². The number of methoxy groups -OCH3 is 1. The highest BCUT2D eigenvalue weighted by Gasteiger charge is 2.32. The van der Waals surface area contributed by atoms with Gasteiger partial charge in [0.15, 0.2) is 16.7 Å². The zero-order valence-electron chi connectivity index (χ0n) is 20.8. The van der Waals surface area contributed by atoms with Crippen LogP contribution in [0.15, 0.2) is 70.6 Å². The first-order chi connectivity index (χ1) is 18.7. The number of non-ortho nitro benzene ring substituents is 1. The summed E-state index contributed by atoms with van der Waals surface area (Å²) in [5, 5.41) is 20.8. The highest BCUT2D eigenvalue weighted by atomic mass is 35.5. The van der Waals surface area contributed by atoms with Crippen LogP contribution in [0, 0.1) is 10.1 Å². The standard InChI is InChI=1S/C27H22ClN3O7S/c1-3-30-25(32)23(39-27(30)29-19-6-4-5-18(14-19)26(33)34)13-17-11-21(28)24(22(12-17)37-2)38-15-16-7-9-20(10-8-16)31(35)36/h4-14H,3,15H2,1-2H3,(H,33,34)/b23-13-,29-27?. The van der Waals surface area contributed by atoms with Crippen LogP contribution < -0.4 is 9.47 Å². The number of benzene rings is 3. The molecule has 1 N–H and O–H groups in total. The summed E-state index contributed by atoms with van der Waals surface area (Å²) in [6.07, 6.45) is 1.67. The third-order valence-electron chi connectivity index (χ3n) is 5.60. The van der Waals surface area contributed by atoms with Crippen molar-refractivity contribution in [2.24, 2.45) is 4.99 Å². The monoisotopic (exact) mass is 567 g/mol. The molecule has 200 valence electrons. The van der Waals surface area contributed by atoms with Crippen LogP contribution in [0.2, 0.25) is 5.02 Å². The highest BCUT2D eigenvalue weighted by Crippen LogP contribution is 2.40. The van der Waals surface area contributed by atoms with Crippen LogP contribution in [-0.4, -0.2) is 45.6 Å². The Morgan fingerprint density at radius 3 is 2.59 bits per heavy atom. The largest absolute Gasteiger partial charge is 0.493 e. The second kappa shape index (κ2) is 12.0. The van der Waals surface area contributed by atoms with Crippen molar-refractivity contribution in [1.29, 1.82) is 0 Å². The van der Waals surface area contributed by atoms with Gasteiger partial charge in [0.1, 0.15) is 6.61 Å². The summed E-state index contributed by atoms with van der Waals surface area (Å²) in [7, 11) is 1.46. The number of halogens is 1. The van der Waals surface area contributed by atoms with Crippen LogP contribution in [0.4, 0.5) is 11.4 Å². The number of aliphatic imine (C=N–C) groups is 1. The molecule has 1 heterocycles. The summed E-state index contributed by atoms with van der Waals surface area (Å²) < 4.78 is 11.3. The van der Waals surface area contributed by atoms with E-state index in [-0.39, 0.29) is 28.8 Å². The second-order valence-corrected chi connectivity index (χ2v) is 9.57. The molecule has 12 heteroatoms. The lowest BCUT2D eigenvalue weighted by Gasteiger charge is -2.14. The maximum atomic E-state index is 13.1. The fourth-order valence-electron chi connectivity index (χ4n) is 3.67. The minimum atomic E-state index is -1.06. The SMILES string of the molecule is CCN1C(=O)/C(=C/c2cc(Cl)c(OCc3ccc([N+](=O)[O-])cc3)c(OC)c2)SC1=Nc1cccc(C(=O)O)c1. The molecule has 1 aliphatic rings. The van der Waals surface area contributed by atoms with Gasteiger partial charge in [-0.1, -0.05) is 17.7 Å². The summed E-state index contributed by atoms with van der Waals surface area (Å²) in [6, 6.07) is 15.5. The van der Waals surface area contributed by atoms with Crippen LogP contribution in [-0.2, 0) is 11.4 Å². The van der Waals surface area contributed by atoms with E-state index in [1.54, 1.807) is 42.5 Å². The number of hydrogen-bond donors (Lipinski definition) is 1. The Kier molecular flexibility index (Phi) is 8.52. The van der Waals surface area contributed by atoms with Gasteiger partial charge in [0.25, 0.3) is 11.6 Å². The number of nitrogens with zero attached hydrogens (tertiary/aromatic N) is 3. The normalized spacial score (nSPS) is 15.2. The number of rotatable bonds is 9. The molecule has 1 fully saturated rings. The van der Waals surface area contributed by atoms with Crippen molar-refractivity contribution in [3.8, 4) is 11.5 Å². The van der Waals surface area contributed by atoms with Gasteiger partial charge in [-0.3, -0.25) is 19.8 Å². The molecule has 0 aliphatic carbocycles. The minimum absolute atomic E-state index is 0.0188. The van der Waals surface area contributed by atoms with Crippen LogP contribution in [0.3, 0.4) is 0 Å². The van der Waals surface area contributed by atoms with Gasteiger partial charge in [-0.05, 0) is 78.4 Å². The summed E-state index contributed by atoms with van der Waals surface area (Å²) in [4.78, 5) is 41.2. The quantitative estimate of drug-likeness (QED) is 0.185. The number of thioether (sulfide) groups is 1. The first-order valence-electron chi connectivity index (χ1n) is 11.6. The zero-order chi connectivity index (χ0) is 28.1. The number of carboxylic acids is 1. The number of nitro benzene ring substituents is 1. The smallest absolute Gasteiger partial charge is 0.335 e. The molecule has 1 saturated heterocycles. The average molecular weight is 568 g/mol. The van der Waals surface area contributed by atoms with Crippen LogP contribution >= 0.6 is 23.4 Å². The number of ether oxygens (including phenoxy) is 2. The number of carbonyl (C=O) groups is 2. The fraction of sp³-hybridized carbons (Fsp3) is 0.148. The topological polar surface area (TPSA) is 132 Å². The maximum absolute atomic E-state index is 13.1. The molecule has 3 aromatic carbocycles. The molecule has 0 saturated carbocycles. The lowest BCUT2D eigenvalue weighted by atomic mass is 10.1. The molecule has 3 aromatic rings. The maximum Gasteiger partial charge on any atom is 0.335 e. The van der Waals surface area contributed by atoms with Crippen LogP contribution in [0.1, 0.15) is 28.4 Å². The third-order valence-corrected chi connectivity index (χ3v) is 6.89. The van der Waals surface area contributed by atoms with E-state index in [1.807, 2.05) is 6.92 Å². The zero-order valence-corrected chi connectivity index (χ0v) is 22.4. The molecule has 0 spiro atoms. The number of carbonyl (C=O) groups excluding carboxylic acids is 1. The van der Waals surface area contributed by atoms with Gasteiger partial charge in [-0.2, -0.15) is 0 Å². The van der Waals surface area contributed by atoms with E-state index in [4.69, 9.17) is 21.1 Å². The molecule has 0 bridgehead atoms. The third kappa shape index (κ3) is 6.39. The molecule has 4 rings (SSSR count). The molecule has 1 aliphatic heterocycles. The molecule has 0 radical (unpaired) electrons. The van der Waals surface area contributed by atoms with E-state index in [2.05, 4.69) is 4.99 Å². The average Bonchev–Trinajstić information content (AvgIpc) is 3.21. The van der Waals surface area contributed by atoms with Crippen molar-refractivity contribution >= 4 is 57.9 Å². The van der Waals surface area contributed by atoms with Crippen molar-refractivity contribution in [3.05, 3.63) is 97.4 Å². The number of likely N-dealkylation sites (N-methyl/N-ethyl adjacent to an activating group) is 1. The summed E-state index contributed by atoms with van der Waals surface area (Å²) in [5.74, 6) is -0.672. The van der Waals surface area contributed by atoms with Gasteiger partial charge < -0.3 is 14.6 Å². The van der Waals surface area contributed by atoms with Crippen molar-refractivity contribution in [2.45, 2.75) is 13.5 Å². The molecular weight excluding hydrogens is 546 g/mol. The van der Waals surface area contributed by atoms with E-state index in [0.29, 0.717) is 44.9 Å². The molecule has 1 amide bonds. The predicted molar refractivity (Wildman–Crippen MR) is 149 cm³/mol. The Bertz CT molecular complexity index is 1510. The van der Waals surface area contributed by atoms with E-state index >= 15 is 0 Å². The first-order valence-corrected chi connectivity index (χ1v) is 12.8. The van der Waals surface area contributed by atoms with E-state index in [1.165, 1.54) is 48.0 Å². The number of carboxylic acid groups (broad SMARTS) is 1. The molecule has 0 unspecified atom stereocenters. The van der Waals surface area contributed by atoms with Crippen molar-refractivity contribution in [3.63, 3.8) is 0 Å². The van der Waals surface area contributed by atoms with Gasteiger partial charge in [-0.25, -0.2) is 9.79 Å². The number of amides is 1. The minimum Gasteiger partial charge on any atom is -0.493 e. The van der Waals surface area contributed by atoms with Crippen molar-refractivity contribution < 1.29 is 29.1 Å². The lowest BCUT2D eigenvalue weighted by molar-refractivity contribution is -0.384. The molecular formula is C27H22ClN3O7S.